The fraction of sp³-hybridized carbons (Fsp3) is 0.800. The van der Waals surface area contributed by atoms with Gasteiger partial charge in [0.1, 0.15) is 0 Å². The van der Waals surface area contributed by atoms with Gasteiger partial charge in [0.25, 0.3) is 0 Å². The molecule has 0 aromatic carbocycles. The van der Waals surface area contributed by atoms with Gasteiger partial charge in [-0.25, -0.2) is 4.79 Å². The molecule has 2 amide bonds. The summed E-state index contributed by atoms with van der Waals surface area (Å²) in [5, 5.41) is 2.88. The maximum absolute atomic E-state index is 11.4. The number of hydrogen-bond acceptors (Lipinski definition) is 3. The van der Waals surface area contributed by atoms with E-state index < -0.39 is 0 Å². The lowest BCUT2D eigenvalue weighted by Gasteiger charge is -2.36. The standard InChI is InChI=1S/C10H18N4OS/c11-9(16)2-1-3-13-4-5-14-8(7-13)6-12-10(14)15/h8H,1-7H2,(H2,11,16)(H,12,15). The SMILES string of the molecule is NC(=S)CCCN1CCN2C(=O)NCC2C1. The Kier molecular flexibility index (Phi) is 3.60. The van der Waals surface area contributed by atoms with Gasteiger partial charge in [-0.2, -0.15) is 0 Å². The molecule has 3 N–H and O–H groups in total. The van der Waals surface area contributed by atoms with Crippen molar-refractivity contribution in [3.8, 4) is 0 Å². The number of carbonyl (C=O) groups is 1. The van der Waals surface area contributed by atoms with Crippen LogP contribution in [0.3, 0.4) is 0 Å². The van der Waals surface area contributed by atoms with Crippen LogP contribution < -0.4 is 11.1 Å². The van der Waals surface area contributed by atoms with Crippen molar-refractivity contribution >= 4 is 23.2 Å². The lowest BCUT2D eigenvalue weighted by molar-refractivity contribution is 0.121. The minimum absolute atomic E-state index is 0.0905. The molecule has 2 heterocycles. The van der Waals surface area contributed by atoms with E-state index in [9.17, 15) is 4.79 Å². The van der Waals surface area contributed by atoms with Gasteiger partial charge in [-0.1, -0.05) is 12.2 Å². The highest BCUT2D eigenvalue weighted by atomic mass is 32.1. The molecule has 0 saturated carbocycles. The highest BCUT2D eigenvalue weighted by Gasteiger charge is 2.34. The molecule has 0 radical (unpaired) electrons. The smallest absolute Gasteiger partial charge is 0.317 e. The van der Waals surface area contributed by atoms with Crippen LogP contribution in [0.2, 0.25) is 0 Å². The van der Waals surface area contributed by atoms with E-state index in [1.54, 1.807) is 0 Å². The summed E-state index contributed by atoms with van der Waals surface area (Å²) in [5.41, 5.74) is 5.46. The Bertz CT molecular complexity index is 297. The zero-order valence-corrected chi connectivity index (χ0v) is 10.1. The van der Waals surface area contributed by atoms with Crippen LogP contribution in [-0.4, -0.2) is 59.6 Å². The highest BCUT2D eigenvalue weighted by Crippen LogP contribution is 2.14. The van der Waals surface area contributed by atoms with E-state index in [1.807, 2.05) is 4.90 Å². The van der Waals surface area contributed by atoms with Crippen LogP contribution in [-0.2, 0) is 0 Å². The molecule has 0 aliphatic carbocycles. The van der Waals surface area contributed by atoms with Gasteiger partial charge in [-0.3, -0.25) is 4.90 Å². The van der Waals surface area contributed by atoms with Crippen LogP contribution in [0.5, 0.6) is 0 Å². The van der Waals surface area contributed by atoms with Crippen molar-refractivity contribution in [3.63, 3.8) is 0 Å². The maximum atomic E-state index is 11.4. The lowest BCUT2D eigenvalue weighted by atomic mass is 10.2. The number of nitrogens with one attached hydrogen (secondary N) is 1. The van der Waals surface area contributed by atoms with E-state index in [4.69, 9.17) is 18.0 Å². The molecule has 0 spiro atoms. The predicted molar refractivity (Wildman–Crippen MR) is 66.4 cm³/mol. The molecular weight excluding hydrogens is 224 g/mol. The van der Waals surface area contributed by atoms with Crippen LogP contribution >= 0.6 is 12.2 Å². The van der Waals surface area contributed by atoms with Crippen molar-refractivity contribution < 1.29 is 4.79 Å². The molecule has 1 atom stereocenters. The van der Waals surface area contributed by atoms with Crippen LogP contribution in [0.1, 0.15) is 12.8 Å². The largest absolute Gasteiger partial charge is 0.393 e. The van der Waals surface area contributed by atoms with E-state index in [2.05, 4.69) is 10.2 Å². The Balaban J connectivity index is 1.74. The minimum Gasteiger partial charge on any atom is -0.393 e. The number of piperazine rings is 1. The molecule has 5 nitrogen and oxygen atoms in total. The number of fused-ring (bicyclic) bond motifs is 1. The van der Waals surface area contributed by atoms with Crippen LogP contribution in [0.15, 0.2) is 0 Å². The fourth-order valence-corrected chi connectivity index (χ4v) is 2.49. The molecule has 2 fully saturated rings. The highest BCUT2D eigenvalue weighted by molar-refractivity contribution is 7.80. The molecule has 0 aromatic rings. The average Bonchev–Trinajstić information content (AvgIpc) is 2.60. The third-order valence-electron chi connectivity index (χ3n) is 3.21. The molecule has 0 aromatic heterocycles. The summed E-state index contributed by atoms with van der Waals surface area (Å²) >= 11 is 4.85. The van der Waals surface area contributed by atoms with Crippen molar-refractivity contribution in [3.05, 3.63) is 0 Å². The van der Waals surface area contributed by atoms with E-state index >= 15 is 0 Å². The lowest BCUT2D eigenvalue weighted by Crippen LogP contribution is -2.52. The average molecular weight is 242 g/mol. The van der Waals surface area contributed by atoms with E-state index in [-0.39, 0.29) is 6.03 Å². The minimum atomic E-state index is 0.0905. The van der Waals surface area contributed by atoms with E-state index in [0.717, 1.165) is 45.6 Å². The van der Waals surface area contributed by atoms with Gasteiger partial charge in [0.05, 0.1) is 11.0 Å². The second-order valence-electron chi connectivity index (χ2n) is 4.40. The molecule has 2 rings (SSSR count). The summed E-state index contributed by atoms with van der Waals surface area (Å²) < 4.78 is 0. The van der Waals surface area contributed by atoms with Gasteiger partial charge in [0.2, 0.25) is 0 Å². The van der Waals surface area contributed by atoms with Crippen molar-refractivity contribution in [1.29, 1.82) is 0 Å². The molecule has 2 saturated heterocycles. The summed E-state index contributed by atoms with van der Waals surface area (Å²) in [6, 6.07) is 0.443. The first-order valence-corrected chi connectivity index (χ1v) is 6.13. The van der Waals surface area contributed by atoms with Gasteiger partial charge in [0.15, 0.2) is 0 Å². The Labute approximate surface area is 101 Å². The van der Waals surface area contributed by atoms with E-state index in [1.165, 1.54) is 0 Å². The van der Waals surface area contributed by atoms with Gasteiger partial charge < -0.3 is 16.0 Å². The molecule has 1 unspecified atom stereocenters. The summed E-state index contributed by atoms with van der Waals surface area (Å²) in [7, 11) is 0. The summed E-state index contributed by atoms with van der Waals surface area (Å²) in [6.07, 6.45) is 1.83. The first-order valence-electron chi connectivity index (χ1n) is 5.72. The van der Waals surface area contributed by atoms with Gasteiger partial charge >= 0.3 is 6.03 Å². The topological polar surface area (TPSA) is 61.6 Å². The number of rotatable bonds is 4. The number of urea groups is 1. The molecule has 2 aliphatic heterocycles. The first-order chi connectivity index (χ1) is 7.66. The van der Waals surface area contributed by atoms with Crippen LogP contribution in [0.4, 0.5) is 4.79 Å². The normalized spacial score (nSPS) is 25.4. The Morgan fingerprint density at radius 1 is 1.56 bits per heavy atom. The van der Waals surface area contributed by atoms with Crippen molar-refractivity contribution in [2.24, 2.45) is 5.73 Å². The summed E-state index contributed by atoms with van der Waals surface area (Å²) in [4.78, 5) is 16.3. The number of nitrogens with zero attached hydrogens (tertiary/aromatic N) is 2. The van der Waals surface area contributed by atoms with Crippen molar-refractivity contribution in [2.45, 2.75) is 18.9 Å². The molecule has 0 bridgehead atoms. The summed E-state index contributed by atoms with van der Waals surface area (Å²) in [6.45, 7) is 4.57. The molecule has 2 aliphatic rings. The van der Waals surface area contributed by atoms with E-state index in [0.29, 0.717) is 11.0 Å². The maximum Gasteiger partial charge on any atom is 0.317 e. The van der Waals surface area contributed by atoms with Gasteiger partial charge in [0, 0.05) is 26.2 Å². The number of thiocarbonyl (C=S) groups is 1. The number of carbonyl (C=O) groups excluding carboxylic acids is 1. The molecule has 16 heavy (non-hydrogen) atoms. The van der Waals surface area contributed by atoms with Gasteiger partial charge in [-0.05, 0) is 19.4 Å². The second kappa shape index (κ2) is 4.97. The zero-order valence-electron chi connectivity index (χ0n) is 9.32. The molecule has 6 heteroatoms. The van der Waals surface area contributed by atoms with Gasteiger partial charge in [-0.15, -0.1) is 0 Å². The van der Waals surface area contributed by atoms with Crippen LogP contribution in [0.25, 0.3) is 0 Å². The number of nitrogens with two attached hydrogens (primary N) is 1. The Hall–Kier alpha value is -0.880. The Morgan fingerprint density at radius 3 is 3.12 bits per heavy atom. The monoisotopic (exact) mass is 242 g/mol. The molecule has 90 valence electrons. The Morgan fingerprint density at radius 2 is 2.38 bits per heavy atom. The first kappa shape index (κ1) is 11.6. The zero-order chi connectivity index (χ0) is 11.5. The third kappa shape index (κ3) is 2.62. The quantitative estimate of drug-likeness (QED) is 0.668. The van der Waals surface area contributed by atoms with Crippen molar-refractivity contribution in [1.82, 2.24) is 15.1 Å². The molecular formula is C10H18N4OS. The van der Waals surface area contributed by atoms with Crippen molar-refractivity contribution in [2.75, 3.05) is 32.7 Å². The predicted octanol–water partition coefficient (Wildman–Crippen LogP) is -0.238. The number of hydrogen-bond donors (Lipinski definition) is 2. The third-order valence-corrected chi connectivity index (χ3v) is 3.42. The van der Waals surface area contributed by atoms with Crippen LogP contribution in [0, 0.1) is 0 Å². The summed E-state index contributed by atoms with van der Waals surface area (Å²) in [5.74, 6) is 0. The fourth-order valence-electron chi connectivity index (χ4n) is 2.35. The number of amides is 2. The second-order valence-corrected chi connectivity index (χ2v) is 4.93.